The fraction of sp³-hybridized carbons (Fsp3) is 0.333. The van der Waals surface area contributed by atoms with Gasteiger partial charge in [-0.15, -0.1) is 0 Å². The Morgan fingerprint density at radius 1 is 1.07 bits per heavy atom. The highest BCUT2D eigenvalue weighted by Gasteiger charge is 2.20. The highest BCUT2D eigenvalue weighted by molar-refractivity contribution is 5.77. The van der Waals surface area contributed by atoms with Crippen LogP contribution in [-0.4, -0.2) is 48.5 Å². The Morgan fingerprint density at radius 3 is 2.59 bits per heavy atom. The number of halogens is 1. The van der Waals surface area contributed by atoms with Gasteiger partial charge in [0.05, 0.1) is 11.6 Å². The Labute approximate surface area is 158 Å². The van der Waals surface area contributed by atoms with E-state index in [9.17, 15) is 9.18 Å². The van der Waals surface area contributed by atoms with Crippen molar-refractivity contribution < 1.29 is 13.9 Å². The van der Waals surface area contributed by atoms with Crippen LogP contribution in [0.15, 0.2) is 48.5 Å². The zero-order valence-electron chi connectivity index (χ0n) is 15.1. The van der Waals surface area contributed by atoms with Gasteiger partial charge < -0.3 is 9.64 Å². The summed E-state index contributed by atoms with van der Waals surface area (Å²) < 4.78 is 18.9. The second kappa shape index (κ2) is 9.15. The molecule has 1 heterocycles. The number of carbonyl (C=O) groups is 1. The second-order valence-electron chi connectivity index (χ2n) is 6.54. The molecule has 2 aromatic carbocycles. The van der Waals surface area contributed by atoms with E-state index in [4.69, 9.17) is 10.00 Å². The number of rotatable bonds is 5. The lowest BCUT2D eigenvalue weighted by molar-refractivity contribution is -0.133. The predicted octanol–water partition coefficient (Wildman–Crippen LogP) is 2.81. The molecular formula is C21H22FN3O2. The molecule has 5 nitrogen and oxygen atoms in total. The molecule has 6 heteroatoms. The topological polar surface area (TPSA) is 56.6 Å². The van der Waals surface area contributed by atoms with Gasteiger partial charge in [-0.1, -0.05) is 24.3 Å². The zero-order valence-corrected chi connectivity index (χ0v) is 15.1. The maximum atomic E-state index is 13.6. The Hall–Kier alpha value is -2.91. The number of nitriles is 1. The monoisotopic (exact) mass is 367 g/mol. The van der Waals surface area contributed by atoms with E-state index in [0.717, 1.165) is 31.6 Å². The van der Waals surface area contributed by atoms with Crippen molar-refractivity contribution in [2.45, 2.75) is 13.0 Å². The van der Waals surface area contributed by atoms with Crippen LogP contribution in [0.5, 0.6) is 5.75 Å². The van der Waals surface area contributed by atoms with Crippen LogP contribution in [0.4, 0.5) is 4.39 Å². The standard InChI is InChI=1S/C21H22FN3O2/c22-19-4-1-2-5-20(19)27-16-21(26)25-11-3-10-24(12-13-25)15-18-8-6-17(14-23)7-9-18/h1-2,4-9H,3,10-13,15-16H2. The number of amides is 1. The number of hydrogen-bond donors (Lipinski definition) is 0. The molecule has 0 spiro atoms. The average molecular weight is 367 g/mol. The van der Waals surface area contributed by atoms with Crippen molar-refractivity contribution in [2.75, 3.05) is 32.8 Å². The van der Waals surface area contributed by atoms with Crippen molar-refractivity contribution >= 4 is 5.91 Å². The van der Waals surface area contributed by atoms with Gasteiger partial charge in [-0.3, -0.25) is 9.69 Å². The molecule has 0 aromatic heterocycles. The Bertz CT molecular complexity index is 817. The summed E-state index contributed by atoms with van der Waals surface area (Å²) in [6, 6.07) is 15.8. The van der Waals surface area contributed by atoms with Crippen LogP contribution >= 0.6 is 0 Å². The molecule has 2 aromatic rings. The number of para-hydroxylation sites is 1. The third-order valence-corrected chi connectivity index (χ3v) is 4.62. The van der Waals surface area contributed by atoms with Crippen LogP contribution in [0.25, 0.3) is 0 Å². The molecule has 1 fully saturated rings. The summed E-state index contributed by atoms with van der Waals surface area (Å²) in [4.78, 5) is 16.5. The molecule has 27 heavy (non-hydrogen) atoms. The predicted molar refractivity (Wildman–Crippen MR) is 99.5 cm³/mol. The number of ether oxygens (including phenoxy) is 1. The molecular weight excluding hydrogens is 345 g/mol. The third kappa shape index (κ3) is 5.28. The lowest BCUT2D eigenvalue weighted by Gasteiger charge is -2.22. The molecule has 0 N–H and O–H groups in total. The third-order valence-electron chi connectivity index (χ3n) is 4.62. The van der Waals surface area contributed by atoms with Crippen molar-refractivity contribution in [3.8, 4) is 11.8 Å². The van der Waals surface area contributed by atoms with E-state index in [-0.39, 0.29) is 18.3 Å². The van der Waals surface area contributed by atoms with Crippen LogP contribution in [0.1, 0.15) is 17.5 Å². The largest absolute Gasteiger partial charge is 0.481 e. The van der Waals surface area contributed by atoms with Gasteiger partial charge in [0.15, 0.2) is 18.2 Å². The summed E-state index contributed by atoms with van der Waals surface area (Å²) in [5, 5.41) is 8.87. The van der Waals surface area contributed by atoms with Gasteiger partial charge in [-0.05, 0) is 36.2 Å². The Kier molecular flexibility index (Phi) is 6.39. The minimum Gasteiger partial charge on any atom is -0.481 e. The lowest BCUT2D eigenvalue weighted by Crippen LogP contribution is -2.38. The molecule has 140 valence electrons. The number of benzene rings is 2. The van der Waals surface area contributed by atoms with Crippen LogP contribution < -0.4 is 4.74 Å². The molecule has 1 aliphatic heterocycles. The van der Waals surface area contributed by atoms with Gasteiger partial charge in [0, 0.05) is 32.7 Å². The van der Waals surface area contributed by atoms with Gasteiger partial charge >= 0.3 is 0 Å². The van der Waals surface area contributed by atoms with Crippen molar-refractivity contribution in [3.05, 3.63) is 65.5 Å². The minimum atomic E-state index is -0.463. The van der Waals surface area contributed by atoms with E-state index in [1.165, 1.54) is 12.1 Å². The Morgan fingerprint density at radius 2 is 1.85 bits per heavy atom. The van der Waals surface area contributed by atoms with E-state index in [1.807, 2.05) is 24.3 Å². The first kappa shape index (κ1) is 18.9. The molecule has 1 saturated heterocycles. The highest BCUT2D eigenvalue weighted by atomic mass is 19.1. The van der Waals surface area contributed by atoms with Crippen molar-refractivity contribution in [1.82, 2.24) is 9.80 Å². The number of nitrogens with zero attached hydrogens (tertiary/aromatic N) is 3. The summed E-state index contributed by atoms with van der Waals surface area (Å²) in [7, 11) is 0. The molecule has 0 aliphatic carbocycles. The first-order chi connectivity index (χ1) is 13.2. The molecule has 1 amide bonds. The zero-order chi connectivity index (χ0) is 19.1. The molecule has 0 bridgehead atoms. The van der Waals surface area contributed by atoms with Crippen LogP contribution in [0.2, 0.25) is 0 Å². The molecule has 3 rings (SSSR count). The van der Waals surface area contributed by atoms with Crippen molar-refractivity contribution in [2.24, 2.45) is 0 Å². The highest BCUT2D eigenvalue weighted by Crippen LogP contribution is 2.16. The first-order valence-electron chi connectivity index (χ1n) is 9.02. The fourth-order valence-corrected chi connectivity index (χ4v) is 3.11. The quantitative estimate of drug-likeness (QED) is 0.815. The molecule has 1 aliphatic rings. The second-order valence-corrected chi connectivity index (χ2v) is 6.54. The van der Waals surface area contributed by atoms with E-state index in [0.29, 0.717) is 18.7 Å². The first-order valence-corrected chi connectivity index (χ1v) is 9.02. The molecule has 0 atom stereocenters. The van der Waals surface area contributed by atoms with E-state index in [2.05, 4.69) is 11.0 Å². The van der Waals surface area contributed by atoms with Gasteiger partial charge in [0.25, 0.3) is 5.91 Å². The lowest BCUT2D eigenvalue weighted by atomic mass is 10.1. The SMILES string of the molecule is N#Cc1ccc(CN2CCCN(C(=O)COc3ccccc3F)CC2)cc1. The Balaban J connectivity index is 1.49. The maximum Gasteiger partial charge on any atom is 0.260 e. The number of hydrogen-bond acceptors (Lipinski definition) is 4. The van der Waals surface area contributed by atoms with Gasteiger partial charge in [-0.2, -0.15) is 5.26 Å². The van der Waals surface area contributed by atoms with E-state index >= 15 is 0 Å². The van der Waals surface area contributed by atoms with Crippen molar-refractivity contribution in [1.29, 1.82) is 5.26 Å². The van der Waals surface area contributed by atoms with Crippen LogP contribution in [0, 0.1) is 17.1 Å². The minimum absolute atomic E-state index is 0.100. The maximum absolute atomic E-state index is 13.6. The summed E-state index contributed by atoms with van der Waals surface area (Å²) in [6.45, 7) is 3.60. The van der Waals surface area contributed by atoms with Gasteiger partial charge in [0.1, 0.15) is 0 Å². The molecule has 0 radical (unpaired) electrons. The summed E-state index contributed by atoms with van der Waals surface area (Å²) >= 11 is 0. The fourth-order valence-electron chi connectivity index (χ4n) is 3.11. The summed E-state index contributed by atoms with van der Waals surface area (Å²) in [5.74, 6) is -0.489. The molecule has 0 unspecified atom stereocenters. The summed E-state index contributed by atoms with van der Waals surface area (Å²) in [5.41, 5.74) is 1.80. The molecule has 0 saturated carbocycles. The smallest absolute Gasteiger partial charge is 0.260 e. The van der Waals surface area contributed by atoms with Crippen LogP contribution in [-0.2, 0) is 11.3 Å². The number of carbonyl (C=O) groups excluding carboxylic acids is 1. The van der Waals surface area contributed by atoms with Crippen LogP contribution in [0.3, 0.4) is 0 Å². The van der Waals surface area contributed by atoms with Gasteiger partial charge in [0.2, 0.25) is 0 Å². The van der Waals surface area contributed by atoms with E-state index in [1.54, 1.807) is 17.0 Å². The average Bonchev–Trinajstić information content (AvgIpc) is 2.93. The van der Waals surface area contributed by atoms with E-state index < -0.39 is 5.82 Å². The van der Waals surface area contributed by atoms with Crippen molar-refractivity contribution in [3.63, 3.8) is 0 Å². The normalized spacial score (nSPS) is 15.0. The summed E-state index contributed by atoms with van der Waals surface area (Å²) in [6.07, 6.45) is 0.877. The van der Waals surface area contributed by atoms with Gasteiger partial charge in [-0.25, -0.2) is 4.39 Å².